The van der Waals surface area contributed by atoms with Gasteiger partial charge in [0.25, 0.3) is 0 Å². The minimum absolute atomic E-state index is 0.852. The summed E-state index contributed by atoms with van der Waals surface area (Å²) in [6.45, 7) is 0.852. The molecule has 0 unspecified atom stereocenters. The maximum atomic E-state index is 4.49. The van der Waals surface area contributed by atoms with Crippen LogP contribution in [0.4, 0.5) is 5.69 Å². The molecule has 1 aliphatic carbocycles. The van der Waals surface area contributed by atoms with Gasteiger partial charge in [0.15, 0.2) is 0 Å². The Morgan fingerprint density at radius 1 is 1.00 bits per heavy atom. The lowest BCUT2D eigenvalue weighted by molar-refractivity contribution is 0.864. The molecule has 0 N–H and O–H groups in total. The molecule has 0 fully saturated rings. The van der Waals surface area contributed by atoms with Crippen molar-refractivity contribution >= 4 is 35.0 Å². The lowest BCUT2D eigenvalue weighted by Gasteiger charge is -2.09. The summed E-state index contributed by atoms with van der Waals surface area (Å²) in [5.74, 6) is 0. The van der Waals surface area contributed by atoms with E-state index in [0.717, 1.165) is 12.2 Å². The van der Waals surface area contributed by atoms with Crippen molar-refractivity contribution in [3.05, 3.63) is 53.1 Å². The van der Waals surface area contributed by atoms with Gasteiger partial charge in [-0.05, 0) is 12.1 Å². The molecule has 0 atom stereocenters. The van der Waals surface area contributed by atoms with Crippen molar-refractivity contribution in [2.75, 3.05) is 0 Å². The largest absolute Gasteiger partial charge is 0.333 e. The van der Waals surface area contributed by atoms with Gasteiger partial charge in [-0.15, -0.1) is 0 Å². The molecule has 0 radical (unpaired) electrons. The summed E-state index contributed by atoms with van der Waals surface area (Å²) in [6, 6.07) is 6.34. The van der Waals surface area contributed by atoms with Gasteiger partial charge in [0.05, 0.1) is 17.7 Å². The van der Waals surface area contributed by atoms with Crippen molar-refractivity contribution in [3.8, 4) is 0 Å². The highest BCUT2D eigenvalue weighted by Crippen LogP contribution is 2.25. The van der Waals surface area contributed by atoms with Crippen molar-refractivity contribution < 1.29 is 0 Å². The summed E-state index contributed by atoms with van der Waals surface area (Å²) in [4.78, 5) is 4.49. The highest BCUT2D eigenvalue weighted by atomic mass is 15.0. The molecule has 86 valence electrons. The molecule has 2 heteroatoms. The summed E-state index contributed by atoms with van der Waals surface area (Å²) in [6.07, 6.45) is 14.6. The Morgan fingerprint density at radius 3 is 2.83 bits per heavy atom. The zero-order valence-corrected chi connectivity index (χ0v) is 9.88. The Hall–Kier alpha value is -2.35. The molecule has 1 aromatic carbocycles. The van der Waals surface area contributed by atoms with Gasteiger partial charge in [0, 0.05) is 22.2 Å². The molecular formula is C16H12N2. The molecule has 0 amide bonds. The van der Waals surface area contributed by atoms with Crippen LogP contribution < -0.4 is 10.6 Å². The van der Waals surface area contributed by atoms with E-state index in [4.69, 9.17) is 0 Å². The number of hydrogen-bond donors (Lipinski definition) is 0. The van der Waals surface area contributed by atoms with Crippen LogP contribution in [0.3, 0.4) is 0 Å². The third-order valence-electron chi connectivity index (χ3n) is 3.49. The van der Waals surface area contributed by atoms with Crippen LogP contribution in [0.2, 0.25) is 0 Å². The van der Waals surface area contributed by atoms with E-state index in [9.17, 15) is 0 Å². The quantitative estimate of drug-likeness (QED) is 0.661. The number of rotatable bonds is 0. The van der Waals surface area contributed by atoms with Crippen molar-refractivity contribution in [2.45, 2.75) is 6.54 Å². The van der Waals surface area contributed by atoms with Crippen LogP contribution >= 0.6 is 0 Å². The topological polar surface area (TPSA) is 17.3 Å². The Labute approximate surface area is 105 Å². The maximum Gasteiger partial charge on any atom is 0.0869 e. The van der Waals surface area contributed by atoms with Gasteiger partial charge in [-0.3, -0.25) is 4.99 Å². The van der Waals surface area contributed by atoms with E-state index in [1.165, 1.54) is 21.5 Å². The van der Waals surface area contributed by atoms with E-state index in [1.54, 1.807) is 0 Å². The summed E-state index contributed by atoms with van der Waals surface area (Å²) >= 11 is 0. The number of aliphatic imine (C=N–C) groups is 1. The Balaban J connectivity index is 2.33. The summed E-state index contributed by atoms with van der Waals surface area (Å²) in [5.41, 5.74) is 2.32. The zero-order chi connectivity index (χ0) is 11.9. The summed E-state index contributed by atoms with van der Waals surface area (Å²) in [5, 5.41) is 3.85. The molecule has 2 aliphatic rings. The number of benzene rings is 1. The van der Waals surface area contributed by atoms with Crippen LogP contribution in [-0.2, 0) is 6.54 Å². The molecule has 2 heterocycles. The van der Waals surface area contributed by atoms with Crippen LogP contribution in [0.25, 0.3) is 23.1 Å². The molecule has 0 bridgehead atoms. The molecule has 2 aromatic rings. The van der Waals surface area contributed by atoms with E-state index in [1.807, 2.05) is 6.21 Å². The normalized spacial score (nSPS) is 23.1. The molecule has 0 saturated heterocycles. The first kappa shape index (κ1) is 9.66. The first-order valence-electron chi connectivity index (χ1n) is 6.14. The molecule has 18 heavy (non-hydrogen) atoms. The van der Waals surface area contributed by atoms with E-state index < -0.39 is 0 Å². The number of hydrogen-bond acceptors (Lipinski definition) is 1. The van der Waals surface area contributed by atoms with Crippen LogP contribution in [0.1, 0.15) is 0 Å². The van der Waals surface area contributed by atoms with Gasteiger partial charge in [-0.1, -0.05) is 42.5 Å². The first-order valence-corrected chi connectivity index (χ1v) is 6.14. The lowest BCUT2D eigenvalue weighted by atomic mass is 10.1. The molecule has 0 saturated carbocycles. The number of aromatic nitrogens is 1. The molecule has 4 rings (SSSR count). The second-order valence-electron chi connectivity index (χ2n) is 4.50. The predicted octanol–water partition coefficient (Wildman–Crippen LogP) is 2.04. The fourth-order valence-corrected chi connectivity index (χ4v) is 2.73. The van der Waals surface area contributed by atoms with Crippen molar-refractivity contribution in [1.82, 2.24) is 4.57 Å². The maximum absolute atomic E-state index is 4.49. The summed E-state index contributed by atoms with van der Waals surface area (Å²) < 4.78 is 2.34. The standard InChI is InChI=1S/C16H12N2/c1-2-4-9-15-12(6-3-1)13-7-5-8-14-16(13)18(15)11-10-17-14/h1-10H,11H2/b2-1?,3-1-,4-2-,6-3?,9-4?,12-6-,15-9+. The Bertz CT molecular complexity index is 845. The smallest absolute Gasteiger partial charge is 0.0869 e. The van der Waals surface area contributed by atoms with Gasteiger partial charge in [-0.25, -0.2) is 0 Å². The van der Waals surface area contributed by atoms with Crippen LogP contribution in [0, 0.1) is 0 Å². The van der Waals surface area contributed by atoms with Crippen LogP contribution in [-0.4, -0.2) is 10.8 Å². The number of para-hydroxylation sites is 1. The SMILES string of the molecule is C1=Nc2cccc3c4/c(n(c23)C1)=C\C=C/C=C\C=4. The Morgan fingerprint density at radius 2 is 1.89 bits per heavy atom. The number of allylic oxidation sites excluding steroid dienone is 4. The fourth-order valence-electron chi connectivity index (χ4n) is 2.73. The second kappa shape index (κ2) is 3.57. The van der Waals surface area contributed by atoms with E-state index in [2.05, 4.69) is 64.2 Å². The first-order chi connectivity index (χ1) is 8.95. The van der Waals surface area contributed by atoms with E-state index in [0.29, 0.717) is 0 Å². The molecule has 2 nitrogen and oxygen atoms in total. The van der Waals surface area contributed by atoms with Crippen molar-refractivity contribution in [3.63, 3.8) is 0 Å². The van der Waals surface area contributed by atoms with Gasteiger partial charge in [-0.2, -0.15) is 0 Å². The molecular weight excluding hydrogens is 220 g/mol. The fraction of sp³-hybridized carbons (Fsp3) is 0.0625. The Kier molecular flexibility index (Phi) is 1.92. The van der Waals surface area contributed by atoms with Crippen molar-refractivity contribution in [1.29, 1.82) is 0 Å². The predicted molar refractivity (Wildman–Crippen MR) is 76.6 cm³/mol. The molecule has 0 spiro atoms. The minimum atomic E-state index is 0.852. The van der Waals surface area contributed by atoms with Crippen LogP contribution in [0.15, 0.2) is 47.5 Å². The highest BCUT2D eigenvalue weighted by molar-refractivity contribution is 5.95. The third-order valence-corrected chi connectivity index (χ3v) is 3.49. The molecule has 1 aromatic heterocycles. The van der Waals surface area contributed by atoms with Gasteiger partial charge >= 0.3 is 0 Å². The second-order valence-corrected chi connectivity index (χ2v) is 4.50. The van der Waals surface area contributed by atoms with Gasteiger partial charge in [0.1, 0.15) is 0 Å². The highest BCUT2D eigenvalue weighted by Gasteiger charge is 2.12. The van der Waals surface area contributed by atoms with Crippen molar-refractivity contribution in [2.24, 2.45) is 4.99 Å². The third kappa shape index (κ3) is 1.20. The monoisotopic (exact) mass is 232 g/mol. The minimum Gasteiger partial charge on any atom is -0.333 e. The molecule has 1 aliphatic heterocycles. The van der Waals surface area contributed by atoms with Crippen LogP contribution in [0.5, 0.6) is 0 Å². The van der Waals surface area contributed by atoms with E-state index >= 15 is 0 Å². The average Bonchev–Trinajstić information content (AvgIpc) is 2.65. The summed E-state index contributed by atoms with van der Waals surface area (Å²) in [7, 11) is 0. The number of nitrogens with zero attached hydrogens (tertiary/aromatic N) is 2. The number of fused-ring (bicyclic) bond motifs is 3. The lowest BCUT2D eigenvalue weighted by Crippen LogP contribution is -2.29. The zero-order valence-electron chi connectivity index (χ0n) is 9.88. The van der Waals surface area contributed by atoms with E-state index in [-0.39, 0.29) is 0 Å². The average molecular weight is 232 g/mol. The van der Waals surface area contributed by atoms with Gasteiger partial charge < -0.3 is 4.57 Å². The van der Waals surface area contributed by atoms with Gasteiger partial charge in [0.2, 0.25) is 0 Å².